The maximum Gasteiger partial charge on any atom is 0.239 e. The van der Waals surface area contributed by atoms with Crippen LogP contribution in [0.2, 0.25) is 0 Å². The second kappa shape index (κ2) is 4.85. The van der Waals surface area contributed by atoms with E-state index in [0.29, 0.717) is 13.0 Å². The second-order valence-electron chi connectivity index (χ2n) is 2.80. The maximum atomic E-state index is 11.4. The van der Waals surface area contributed by atoms with Crippen LogP contribution in [0.3, 0.4) is 0 Å². The van der Waals surface area contributed by atoms with Crippen LogP contribution in [0.5, 0.6) is 0 Å². The first-order chi connectivity index (χ1) is 6.65. The number of rotatable bonds is 2. The lowest BCUT2D eigenvalue weighted by molar-refractivity contribution is -0.140. The molecule has 0 spiro atoms. The van der Waals surface area contributed by atoms with E-state index in [0.717, 1.165) is 18.2 Å². The van der Waals surface area contributed by atoms with Crippen LogP contribution in [0.1, 0.15) is 12.8 Å². The van der Waals surface area contributed by atoms with Crippen molar-refractivity contribution >= 4 is 28.7 Å². The minimum absolute atomic E-state index is 0.109. The van der Waals surface area contributed by atoms with Gasteiger partial charge in [-0.05, 0) is 6.42 Å². The van der Waals surface area contributed by atoms with E-state index in [-0.39, 0.29) is 22.7 Å². The molecule has 78 valence electrons. The minimum atomic E-state index is -0.232. The van der Waals surface area contributed by atoms with E-state index in [1.54, 1.807) is 0 Å². The van der Waals surface area contributed by atoms with Crippen LogP contribution in [0, 0.1) is 0 Å². The maximum absolute atomic E-state index is 11.4. The predicted molar refractivity (Wildman–Crippen MR) is 54.2 cm³/mol. The Bertz CT molecular complexity index is 279. The average Bonchev–Trinajstić information content (AvgIpc) is 2.60. The number of amides is 2. The molecule has 1 rings (SSSR count). The number of carbonyl (C=O) groups excluding carboxylic acids is 2. The number of carbonyl (C=O) groups is 2. The number of likely N-dealkylation sites (tertiary alicyclic amines) is 1. The molecule has 6 nitrogen and oxygen atoms in total. The van der Waals surface area contributed by atoms with Gasteiger partial charge in [-0.2, -0.15) is 5.10 Å². The Morgan fingerprint density at radius 3 is 2.86 bits per heavy atom. The minimum Gasteiger partial charge on any atom is -0.377 e. The van der Waals surface area contributed by atoms with Crippen molar-refractivity contribution in [1.29, 1.82) is 0 Å². The highest BCUT2D eigenvalue weighted by Crippen LogP contribution is 2.12. The highest BCUT2D eigenvalue weighted by Gasteiger charge is 2.26. The Morgan fingerprint density at radius 1 is 1.64 bits per heavy atom. The lowest BCUT2D eigenvalue weighted by Crippen LogP contribution is -2.33. The van der Waals surface area contributed by atoms with Gasteiger partial charge in [-0.1, -0.05) is 11.8 Å². The third-order valence-electron chi connectivity index (χ3n) is 1.85. The Kier molecular flexibility index (Phi) is 3.75. The van der Waals surface area contributed by atoms with Gasteiger partial charge in [0.1, 0.15) is 0 Å². The highest BCUT2D eigenvalue weighted by atomic mass is 32.2. The predicted octanol–water partition coefficient (Wildman–Crippen LogP) is -0.943. The number of hydrogen-bond donors (Lipinski definition) is 2. The van der Waals surface area contributed by atoms with Crippen molar-refractivity contribution in [3.63, 3.8) is 0 Å². The zero-order chi connectivity index (χ0) is 10.6. The first kappa shape index (κ1) is 10.8. The van der Waals surface area contributed by atoms with Gasteiger partial charge in [-0.25, -0.2) is 0 Å². The summed E-state index contributed by atoms with van der Waals surface area (Å²) in [5.74, 6) is 4.65. The van der Waals surface area contributed by atoms with Crippen LogP contribution in [0.15, 0.2) is 5.10 Å². The first-order valence-corrected chi connectivity index (χ1v) is 5.13. The smallest absolute Gasteiger partial charge is 0.239 e. The second-order valence-corrected chi connectivity index (χ2v) is 3.79. The number of nitrogens with zero attached hydrogens (tertiary/aromatic N) is 2. The molecule has 0 saturated carbocycles. The summed E-state index contributed by atoms with van der Waals surface area (Å²) in [6.45, 7) is 0.512. The molecule has 1 fully saturated rings. The molecule has 0 atom stereocenters. The lowest BCUT2D eigenvalue weighted by atomic mass is 10.4. The molecule has 1 heterocycles. The van der Waals surface area contributed by atoms with Crippen LogP contribution < -0.4 is 11.6 Å². The summed E-state index contributed by atoms with van der Waals surface area (Å²) in [6, 6.07) is 0. The van der Waals surface area contributed by atoms with Crippen molar-refractivity contribution in [2.24, 2.45) is 16.7 Å². The zero-order valence-corrected chi connectivity index (χ0v) is 8.42. The highest BCUT2D eigenvalue weighted by molar-refractivity contribution is 8.14. The molecule has 7 heteroatoms. The molecule has 0 aliphatic carbocycles. The molecule has 0 unspecified atom stereocenters. The summed E-state index contributed by atoms with van der Waals surface area (Å²) < 4.78 is 0. The van der Waals surface area contributed by atoms with E-state index in [1.165, 1.54) is 4.90 Å². The molecule has 0 aromatic rings. The lowest BCUT2D eigenvalue weighted by Gasteiger charge is -2.12. The molecular formula is C7H12N4O2S. The molecule has 0 bridgehead atoms. The Hall–Kier alpha value is -1.24. The van der Waals surface area contributed by atoms with Gasteiger partial charge in [0.05, 0.1) is 5.75 Å². The third kappa shape index (κ3) is 2.63. The summed E-state index contributed by atoms with van der Waals surface area (Å²) in [4.78, 5) is 23.8. The molecule has 1 aliphatic heterocycles. The third-order valence-corrected chi connectivity index (χ3v) is 2.64. The number of nitrogens with two attached hydrogens (primary N) is 2. The SMILES string of the molecule is NN=C(N)SCC(=O)N1CCCC1=O. The fourth-order valence-electron chi connectivity index (χ4n) is 1.16. The van der Waals surface area contributed by atoms with Gasteiger partial charge in [-0.3, -0.25) is 14.5 Å². The van der Waals surface area contributed by atoms with Crippen molar-refractivity contribution in [3.8, 4) is 0 Å². The van der Waals surface area contributed by atoms with Gasteiger partial charge >= 0.3 is 0 Å². The average molecular weight is 216 g/mol. The fraction of sp³-hybridized carbons (Fsp3) is 0.571. The number of thioether (sulfide) groups is 1. The van der Waals surface area contributed by atoms with E-state index in [1.807, 2.05) is 0 Å². The van der Waals surface area contributed by atoms with Crippen molar-refractivity contribution in [2.75, 3.05) is 12.3 Å². The summed E-state index contributed by atoms with van der Waals surface area (Å²) in [5, 5.41) is 3.35. The molecular weight excluding hydrogens is 204 g/mol. The fourth-order valence-corrected chi connectivity index (χ4v) is 1.66. The number of hydrogen-bond acceptors (Lipinski definition) is 5. The van der Waals surface area contributed by atoms with Crippen molar-refractivity contribution < 1.29 is 9.59 Å². The topological polar surface area (TPSA) is 102 Å². The van der Waals surface area contributed by atoms with E-state index in [4.69, 9.17) is 11.6 Å². The normalized spacial score (nSPS) is 17.6. The van der Waals surface area contributed by atoms with Gasteiger partial charge in [0.2, 0.25) is 11.8 Å². The van der Waals surface area contributed by atoms with Crippen LogP contribution >= 0.6 is 11.8 Å². The molecule has 0 aromatic carbocycles. The summed E-state index contributed by atoms with van der Waals surface area (Å²) in [6.07, 6.45) is 1.20. The van der Waals surface area contributed by atoms with Crippen molar-refractivity contribution in [3.05, 3.63) is 0 Å². The Morgan fingerprint density at radius 2 is 2.36 bits per heavy atom. The molecule has 14 heavy (non-hydrogen) atoms. The van der Waals surface area contributed by atoms with E-state index < -0.39 is 0 Å². The van der Waals surface area contributed by atoms with Gasteiger partial charge in [0.15, 0.2) is 5.17 Å². The Labute approximate surface area is 85.7 Å². The molecule has 1 aliphatic rings. The van der Waals surface area contributed by atoms with E-state index in [9.17, 15) is 9.59 Å². The van der Waals surface area contributed by atoms with Gasteiger partial charge < -0.3 is 11.6 Å². The quantitative estimate of drug-likeness (QED) is 0.268. The van der Waals surface area contributed by atoms with Gasteiger partial charge in [-0.15, -0.1) is 0 Å². The van der Waals surface area contributed by atoms with Crippen LogP contribution in [0.25, 0.3) is 0 Å². The standard InChI is InChI=1S/C7H12N4O2S/c8-7(10-9)14-4-6(13)11-3-1-2-5(11)12/h1-4,9H2,(H2,8,10). The van der Waals surface area contributed by atoms with E-state index in [2.05, 4.69) is 5.10 Å². The molecule has 2 amide bonds. The summed E-state index contributed by atoms with van der Waals surface area (Å²) in [7, 11) is 0. The monoisotopic (exact) mass is 216 g/mol. The largest absolute Gasteiger partial charge is 0.377 e. The van der Waals surface area contributed by atoms with Crippen molar-refractivity contribution in [2.45, 2.75) is 12.8 Å². The first-order valence-electron chi connectivity index (χ1n) is 4.14. The van der Waals surface area contributed by atoms with Crippen LogP contribution in [-0.2, 0) is 9.59 Å². The zero-order valence-electron chi connectivity index (χ0n) is 7.60. The van der Waals surface area contributed by atoms with E-state index >= 15 is 0 Å². The van der Waals surface area contributed by atoms with Crippen LogP contribution in [0.4, 0.5) is 0 Å². The number of imide groups is 1. The molecule has 4 N–H and O–H groups in total. The molecule has 0 aromatic heterocycles. The molecule has 1 saturated heterocycles. The Balaban J connectivity index is 2.38. The number of hydrazone groups is 1. The van der Waals surface area contributed by atoms with Gasteiger partial charge in [0.25, 0.3) is 0 Å². The van der Waals surface area contributed by atoms with Gasteiger partial charge in [0, 0.05) is 13.0 Å². The van der Waals surface area contributed by atoms with Crippen molar-refractivity contribution in [1.82, 2.24) is 4.90 Å². The molecule has 0 radical (unpaired) electrons. The van der Waals surface area contributed by atoms with Crippen LogP contribution in [-0.4, -0.2) is 34.2 Å². The summed E-state index contributed by atoms with van der Waals surface area (Å²) in [5.41, 5.74) is 5.29. The summed E-state index contributed by atoms with van der Waals surface area (Å²) >= 11 is 1.03. The number of amidine groups is 1.